The number of fused-ring (bicyclic) bond motifs is 1. The van der Waals surface area contributed by atoms with E-state index in [4.69, 9.17) is 21.1 Å². The first-order chi connectivity index (χ1) is 7.54. The molecule has 1 aliphatic heterocycles. The molecule has 0 atom stereocenters. The summed E-state index contributed by atoms with van der Waals surface area (Å²) in [5.74, 6) is 0.961. The molecule has 0 aliphatic carbocycles. The van der Waals surface area contributed by atoms with Crippen LogP contribution in [0.15, 0.2) is 12.1 Å². The maximum absolute atomic E-state index is 6.13. The summed E-state index contributed by atoms with van der Waals surface area (Å²) in [6.45, 7) is 7.51. The van der Waals surface area contributed by atoms with Crippen molar-refractivity contribution in [3.8, 4) is 5.75 Å². The maximum atomic E-state index is 6.13. The zero-order valence-electron chi connectivity index (χ0n) is 9.97. The molecule has 0 unspecified atom stereocenters. The van der Waals surface area contributed by atoms with E-state index in [0.717, 1.165) is 22.8 Å². The molecule has 1 aromatic rings. The number of rotatable bonds is 2. The van der Waals surface area contributed by atoms with E-state index in [1.807, 2.05) is 12.1 Å². The van der Waals surface area contributed by atoms with Crippen LogP contribution in [0.2, 0.25) is 5.02 Å². The Morgan fingerprint density at radius 2 is 2.12 bits per heavy atom. The van der Waals surface area contributed by atoms with Crippen LogP contribution in [0.25, 0.3) is 0 Å². The van der Waals surface area contributed by atoms with Crippen LogP contribution in [0.4, 0.5) is 0 Å². The van der Waals surface area contributed by atoms with Gasteiger partial charge in [0.2, 0.25) is 0 Å². The first kappa shape index (κ1) is 11.7. The van der Waals surface area contributed by atoms with Crippen molar-refractivity contribution in [3.63, 3.8) is 0 Å². The van der Waals surface area contributed by atoms with E-state index in [0.29, 0.717) is 13.4 Å². The highest BCUT2D eigenvalue weighted by Gasteiger charge is 2.26. The average Bonchev–Trinajstić information content (AvgIpc) is 2.28. The Balaban J connectivity index is 2.55. The lowest BCUT2D eigenvalue weighted by Crippen LogP contribution is -2.21. The fourth-order valence-corrected chi connectivity index (χ4v) is 2.11. The lowest BCUT2D eigenvalue weighted by molar-refractivity contribution is -0.0176. The molecular formula is C13H17ClO2. The summed E-state index contributed by atoms with van der Waals surface area (Å²) in [7, 11) is 0. The monoisotopic (exact) mass is 240 g/mol. The van der Waals surface area contributed by atoms with Crippen LogP contribution in [-0.4, -0.2) is 6.79 Å². The van der Waals surface area contributed by atoms with E-state index in [-0.39, 0.29) is 5.41 Å². The Hall–Kier alpha value is -0.730. The maximum Gasteiger partial charge on any atom is 0.189 e. The van der Waals surface area contributed by atoms with Crippen molar-refractivity contribution in [2.45, 2.75) is 39.2 Å². The van der Waals surface area contributed by atoms with Gasteiger partial charge in [-0.1, -0.05) is 32.4 Å². The van der Waals surface area contributed by atoms with Gasteiger partial charge in [0.1, 0.15) is 5.75 Å². The van der Waals surface area contributed by atoms with Crippen LogP contribution in [0, 0.1) is 0 Å². The minimum Gasteiger partial charge on any atom is -0.467 e. The molecule has 3 heteroatoms. The fourth-order valence-electron chi connectivity index (χ4n) is 1.87. The molecule has 0 fully saturated rings. The predicted molar refractivity (Wildman–Crippen MR) is 65.1 cm³/mol. The predicted octanol–water partition coefficient (Wildman–Crippen LogP) is 3.89. The van der Waals surface area contributed by atoms with Gasteiger partial charge < -0.3 is 9.47 Å². The molecule has 16 heavy (non-hydrogen) atoms. The number of ether oxygens (including phenoxy) is 2. The summed E-state index contributed by atoms with van der Waals surface area (Å²) in [6, 6.07) is 3.93. The smallest absolute Gasteiger partial charge is 0.189 e. The van der Waals surface area contributed by atoms with Crippen molar-refractivity contribution in [2.75, 3.05) is 6.79 Å². The number of halogens is 1. The molecule has 0 N–H and O–H groups in total. The summed E-state index contributed by atoms with van der Waals surface area (Å²) in [5.41, 5.74) is 2.31. The third kappa shape index (κ3) is 2.04. The standard InChI is InChI=1S/C13H17ClO2/c1-4-13(2,3)11-6-10(14)5-9-7-15-8-16-12(9)11/h5-6H,4,7-8H2,1-3H3. The first-order valence-electron chi connectivity index (χ1n) is 5.58. The number of hydrogen-bond acceptors (Lipinski definition) is 2. The highest BCUT2D eigenvalue weighted by Crippen LogP contribution is 2.40. The molecule has 2 nitrogen and oxygen atoms in total. The summed E-state index contributed by atoms with van der Waals surface area (Å²) in [6.07, 6.45) is 1.05. The van der Waals surface area contributed by atoms with Gasteiger partial charge in [0.15, 0.2) is 6.79 Å². The van der Waals surface area contributed by atoms with Crippen LogP contribution in [0.3, 0.4) is 0 Å². The molecular weight excluding hydrogens is 224 g/mol. The van der Waals surface area contributed by atoms with Gasteiger partial charge in [-0.15, -0.1) is 0 Å². The van der Waals surface area contributed by atoms with E-state index < -0.39 is 0 Å². The van der Waals surface area contributed by atoms with Crippen molar-refractivity contribution >= 4 is 11.6 Å². The zero-order valence-corrected chi connectivity index (χ0v) is 10.7. The Morgan fingerprint density at radius 1 is 1.38 bits per heavy atom. The summed E-state index contributed by atoms with van der Waals surface area (Å²) in [4.78, 5) is 0. The van der Waals surface area contributed by atoms with Crippen molar-refractivity contribution in [2.24, 2.45) is 0 Å². The highest BCUT2D eigenvalue weighted by atomic mass is 35.5. The number of benzene rings is 1. The SMILES string of the molecule is CCC(C)(C)c1cc(Cl)cc2c1OCOC2. The van der Waals surface area contributed by atoms with E-state index in [1.54, 1.807) is 0 Å². The Bertz CT molecular complexity index is 399. The van der Waals surface area contributed by atoms with Gasteiger partial charge in [0, 0.05) is 16.1 Å². The van der Waals surface area contributed by atoms with Crippen LogP contribution >= 0.6 is 11.6 Å². The molecule has 1 aromatic carbocycles. The normalized spacial score (nSPS) is 15.5. The van der Waals surface area contributed by atoms with Gasteiger partial charge in [0.25, 0.3) is 0 Å². The van der Waals surface area contributed by atoms with Crippen LogP contribution in [0.1, 0.15) is 38.3 Å². The van der Waals surface area contributed by atoms with Gasteiger partial charge >= 0.3 is 0 Å². The second kappa shape index (κ2) is 4.27. The topological polar surface area (TPSA) is 18.5 Å². The zero-order chi connectivity index (χ0) is 11.8. The first-order valence-corrected chi connectivity index (χ1v) is 5.96. The molecule has 0 saturated carbocycles. The second-order valence-electron chi connectivity index (χ2n) is 4.79. The quantitative estimate of drug-likeness (QED) is 0.781. The molecule has 0 spiro atoms. The van der Waals surface area contributed by atoms with Crippen molar-refractivity contribution < 1.29 is 9.47 Å². The molecule has 0 amide bonds. The van der Waals surface area contributed by atoms with E-state index in [9.17, 15) is 0 Å². The van der Waals surface area contributed by atoms with E-state index >= 15 is 0 Å². The fraction of sp³-hybridized carbons (Fsp3) is 0.538. The molecule has 0 saturated heterocycles. The van der Waals surface area contributed by atoms with Gasteiger partial charge in [-0.25, -0.2) is 0 Å². The second-order valence-corrected chi connectivity index (χ2v) is 5.23. The van der Waals surface area contributed by atoms with Gasteiger partial charge in [-0.3, -0.25) is 0 Å². The summed E-state index contributed by atoms with van der Waals surface area (Å²) in [5, 5.41) is 0.754. The van der Waals surface area contributed by atoms with Gasteiger partial charge in [0.05, 0.1) is 6.61 Å². The third-order valence-corrected chi connectivity index (χ3v) is 3.51. The molecule has 0 aromatic heterocycles. The molecule has 1 aliphatic rings. The van der Waals surface area contributed by atoms with Gasteiger partial charge in [-0.05, 0) is 24.0 Å². The minimum atomic E-state index is 0.0757. The lowest BCUT2D eigenvalue weighted by atomic mass is 9.81. The van der Waals surface area contributed by atoms with Gasteiger partial charge in [-0.2, -0.15) is 0 Å². The number of hydrogen-bond donors (Lipinski definition) is 0. The Labute approximate surface area is 102 Å². The van der Waals surface area contributed by atoms with E-state index in [2.05, 4.69) is 20.8 Å². The minimum absolute atomic E-state index is 0.0757. The Kier molecular flexibility index (Phi) is 3.13. The van der Waals surface area contributed by atoms with Crippen molar-refractivity contribution in [1.82, 2.24) is 0 Å². The molecule has 88 valence electrons. The van der Waals surface area contributed by atoms with Crippen LogP contribution in [0.5, 0.6) is 5.75 Å². The molecule has 1 heterocycles. The van der Waals surface area contributed by atoms with Crippen LogP contribution < -0.4 is 4.74 Å². The largest absolute Gasteiger partial charge is 0.467 e. The summed E-state index contributed by atoms with van der Waals surface area (Å²) < 4.78 is 10.9. The molecule has 2 rings (SSSR count). The average molecular weight is 241 g/mol. The van der Waals surface area contributed by atoms with Crippen molar-refractivity contribution in [1.29, 1.82) is 0 Å². The Morgan fingerprint density at radius 3 is 2.81 bits per heavy atom. The summed E-state index contributed by atoms with van der Waals surface area (Å²) >= 11 is 6.13. The lowest BCUT2D eigenvalue weighted by Gasteiger charge is -2.29. The van der Waals surface area contributed by atoms with Crippen molar-refractivity contribution in [3.05, 3.63) is 28.3 Å². The highest BCUT2D eigenvalue weighted by molar-refractivity contribution is 6.30. The molecule has 0 radical (unpaired) electrons. The van der Waals surface area contributed by atoms with E-state index in [1.165, 1.54) is 5.56 Å². The van der Waals surface area contributed by atoms with Crippen LogP contribution in [-0.2, 0) is 16.8 Å². The molecule has 0 bridgehead atoms. The third-order valence-electron chi connectivity index (χ3n) is 3.29.